The van der Waals surface area contributed by atoms with Crippen LogP contribution < -0.4 is 5.32 Å². The van der Waals surface area contributed by atoms with E-state index in [1.165, 1.54) is 32.1 Å². The highest BCUT2D eigenvalue weighted by atomic mass is 35.5. The Hall–Kier alpha value is -0.280. The van der Waals surface area contributed by atoms with Crippen LogP contribution in [0.5, 0.6) is 0 Å². The Kier molecular flexibility index (Phi) is 8.62. The van der Waals surface area contributed by atoms with Gasteiger partial charge < -0.3 is 5.32 Å². The van der Waals surface area contributed by atoms with Gasteiger partial charge in [0.25, 0.3) is 0 Å². The number of hydrogen-bond acceptors (Lipinski definition) is 2. The number of carbonyl (C=O) groups is 1. The Labute approximate surface area is 118 Å². The molecule has 1 saturated heterocycles. The number of nitrogens with zero attached hydrogens (tertiary/aromatic N) is 1. The van der Waals surface area contributed by atoms with Crippen molar-refractivity contribution < 1.29 is 4.79 Å². The minimum atomic E-state index is -0.0527. The van der Waals surface area contributed by atoms with Crippen molar-refractivity contribution in [3.8, 4) is 0 Å². The first-order valence-corrected chi connectivity index (χ1v) is 7.07. The maximum absolute atomic E-state index is 11.9. The largest absolute Gasteiger partial charge is 0.350 e. The number of hydrogen-bond donors (Lipinski definition) is 1. The fourth-order valence-electron chi connectivity index (χ4n) is 2.42. The lowest BCUT2D eigenvalue weighted by Gasteiger charge is -2.30. The topological polar surface area (TPSA) is 32.3 Å². The molecule has 1 N–H and O–H groups in total. The third-order valence-corrected chi connectivity index (χ3v) is 3.45. The van der Waals surface area contributed by atoms with E-state index in [-0.39, 0.29) is 23.9 Å². The minimum Gasteiger partial charge on any atom is -0.350 e. The summed E-state index contributed by atoms with van der Waals surface area (Å²) >= 11 is 0. The van der Waals surface area contributed by atoms with E-state index >= 15 is 0 Å². The van der Waals surface area contributed by atoms with Crippen molar-refractivity contribution in [3.05, 3.63) is 0 Å². The summed E-state index contributed by atoms with van der Waals surface area (Å²) in [7, 11) is 0. The maximum Gasteiger partial charge on any atom is 0.234 e. The number of halogens is 1. The zero-order chi connectivity index (χ0) is 12.7. The van der Waals surface area contributed by atoms with E-state index < -0.39 is 0 Å². The van der Waals surface area contributed by atoms with E-state index in [0.29, 0.717) is 6.54 Å². The van der Waals surface area contributed by atoms with E-state index in [1.807, 2.05) is 0 Å². The fraction of sp³-hybridized carbons (Fsp3) is 0.929. The van der Waals surface area contributed by atoms with Crippen molar-refractivity contribution in [2.75, 3.05) is 19.6 Å². The Morgan fingerprint density at radius 1 is 1.22 bits per heavy atom. The number of carbonyl (C=O) groups excluding carboxylic acids is 1. The Bertz CT molecular complexity index is 238. The van der Waals surface area contributed by atoms with Crippen molar-refractivity contribution in [1.82, 2.24) is 10.2 Å². The molecule has 1 fully saturated rings. The predicted molar refractivity (Wildman–Crippen MR) is 79.3 cm³/mol. The highest BCUT2D eigenvalue weighted by Gasteiger charge is 2.21. The summed E-state index contributed by atoms with van der Waals surface area (Å²) in [4.78, 5) is 14.2. The molecule has 1 aliphatic heterocycles. The van der Waals surface area contributed by atoms with Gasteiger partial charge in [0.2, 0.25) is 5.91 Å². The summed E-state index contributed by atoms with van der Waals surface area (Å²) in [5, 5.41) is 3.16. The van der Waals surface area contributed by atoms with Crippen molar-refractivity contribution in [1.29, 1.82) is 0 Å². The van der Waals surface area contributed by atoms with Crippen LogP contribution in [-0.2, 0) is 4.79 Å². The molecule has 0 atom stereocenters. The second-order valence-corrected chi connectivity index (χ2v) is 5.87. The van der Waals surface area contributed by atoms with Gasteiger partial charge in [-0.3, -0.25) is 9.69 Å². The molecule has 108 valence electrons. The molecule has 0 bridgehead atoms. The van der Waals surface area contributed by atoms with Crippen LogP contribution in [-0.4, -0.2) is 36.0 Å². The molecular weight excluding hydrogens is 248 g/mol. The molecule has 1 rings (SSSR count). The molecule has 0 aromatic rings. The van der Waals surface area contributed by atoms with E-state index in [1.54, 1.807) is 0 Å². The average molecular weight is 277 g/mol. The highest BCUT2D eigenvalue weighted by molar-refractivity contribution is 5.85. The predicted octanol–water partition coefficient (Wildman–Crippen LogP) is 2.98. The summed E-state index contributed by atoms with van der Waals surface area (Å²) in [6.07, 6.45) is 7.23. The van der Waals surface area contributed by atoms with Crippen LogP contribution in [0, 0.1) is 0 Å². The summed E-state index contributed by atoms with van der Waals surface area (Å²) in [6, 6.07) is 0. The number of nitrogens with one attached hydrogen (secondary N) is 1. The summed E-state index contributed by atoms with van der Waals surface area (Å²) in [6.45, 7) is 9.18. The van der Waals surface area contributed by atoms with Crippen molar-refractivity contribution in [2.24, 2.45) is 0 Å². The van der Waals surface area contributed by atoms with E-state index in [9.17, 15) is 4.79 Å². The van der Waals surface area contributed by atoms with Crippen LogP contribution in [0.3, 0.4) is 0 Å². The summed E-state index contributed by atoms with van der Waals surface area (Å²) in [5.41, 5.74) is -0.0527. The summed E-state index contributed by atoms with van der Waals surface area (Å²) in [5.74, 6) is 0.188. The molecule has 1 aliphatic rings. The molecule has 0 aromatic carbocycles. The van der Waals surface area contributed by atoms with E-state index in [0.717, 1.165) is 19.5 Å². The van der Waals surface area contributed by atoms with E-state index in [2.05, 4.69) is 31.0 Å². The lowest BCUT2D eigenvalue weighted by molar-refractivity contribution is -0.124. The number of piperidine rings is 1. The smallest absolute Gasteiger partial charge is 0.234 e. The van der Waals surface area contributed by atoms with Gasteiger partial charge in [-0.05, 0) is 46.2 Å². The van der Waals surface area contributed by atoms with Crippen LogP contribution in [0.25, 0.3) is 0 Å². The molecule has 0 radical (unpaired) electrons. The Morgan fingerprint density at radius 3 is 2.39 bits per heavy atom. The van der Waals surface area contributed by atoms with Crippen LogP contribution in [0.1, 0.15) is 59.3 Å². The van der Waals surface area contributed by atoms with Crippen molar-refractivity contribution in [2.45, 2.75) is 64.8 Å². The molecular formula is C14H29ClN2O. The molecule has 0 spiro atoms. The van der Waals surface area contributed by atoms with Gasteiger partial charge >= 0.3 is 0 Å². The van der Waals surface area contributed by atoms with Gasteiger partial charge in [0.15, 0.2) is 0 Å². The molecule has 4 heteroatoms. The van der Waals surface area contributed by atoms with Gasteiger partial charge in [-0.15, -0.1) is 12.4 Å². The van der Waals surface area contributed by atoms with Gasteiger partial charge in [0.05, 0.1) is 6.54 Å². The highest BCUT2D eigenvalue weighted by Crippen LogP contribution is 2.13. The molecule has 1 heterocycles. The summed E-state index contributed by atoms with van der Waals surface area (Å²) < 4.78 is 0. The SMILES string of the molecule is CCCCC(C)(C)NC(=O)CN1CCCCC1.Cl. The lowest BCUT2D eigenvalue weighted by Crippen LogP contribution is -2.48. The minimum absolute atomic E-state index is 0. The van der Waals surface area contributed by atoms with E-state index in [4.69, 9.17) is 0 Å². The van der Waals surface area contributed by atoms with Crippen LogP contribution in [0.15, 0.2) is 0 Å². The fourth-order valence-corrected chi connectivity index (χ4v) is 2.42. The molecule has 0 saturated carbocycles. The first-order valence-electron chi connectivity index (χ1n) is 7.07. The average Bonchev–Trinajstić information content (AvgIpc) is 2.27. The normalized spacial score (nSPS) is 17.1. The molecule has 0 aliphatic carbocycles. The zero-order valence-electron chi connectivity index (χ0n) is 12.1. The number of amides is 1. The number of likely N-dealkylation sites (tertiary alicyclic amines) is 1. The Morgan fingerprint density at radius 2 is 1.83 bits per heavy atom. The van der Waals surface area contributed by atoms with Crippen molar-refractivity contribution >= 4 is 18.3 Å². The van der Waals surface area contributed by atoms with Gasteiger partial charge in [-0.1, -0.05) is 26.2 Å². The second kappa shape index (κ2) is 8.76. The first-order chi connectivity index (χ1) is 8.03. The van der Waals surface area contributed by atoms with Gasteiger partial charge in [-0.2, -0.15) is 0 Å². The molecule has 18 heavy (non-hydrogen) atoms. The quantitative estimate of drug-likeness (QED) is 0.809. The standard InChI is InChI=1S/C14H28N2O.ClH/c1-4-5-9-14(2,3)15-13(17)12-16-10-7-6-8-11-16;/h4-12H2,1-3H3,(H,15,17);1H. The zero-order valence-corrected chi connectivity index (χ0v) is 12.9. The number of rotatable bonds is 6. The molecule has 0 unspecified atom stereocenters. The first kappa shape index (κ1) is 17.7. The van der Waals surface area contributed by atoms with Gasteiger partial charge in [-0.25, -0.2) is 0 Å². The van der Waals surface area contributed by atoms with Crippen molar-refractivity contribution in [3.63, 3.8) is 0 Å². The second-order valence-electron chi connectivity index (χ2n) is 5.87. The van der Waals surface area contributed by atoms with Gasteiger partial charge in [0, 0.05) is 5.54 Å². The van der Waals surface area contributed by atoms with Gasteiger partial charge in [0.1, 0.15) is 0 Å². The molecule has 1 amide bonds. The molecule has 0 aromatic heterocycles. The maximum atomic E-state index is 11.9. The third-order valence-electron chi connectivity index (χ3n) is 3.45. The van der Waals surface area contributed by atoms with Crippen LogP contribution in [0.4, 0.5) is 0 Å². The van der Waals surface area contributed by atoms with Crippen LogP contribution >= 0.6 is 12.4 Å². The number of unbranched alkanes of at least 4 members (excludes halogenated alkanes) is 1. The molecule has 3 nitrogen and oxygen atoms in total. The van der Waals surface area contributed by atoms with Crippen LogP contribution in [0.2, 0.25) is 0 Å². The lowest BCUT2D eigenvalue weighted by atomic mass is 9.97. The third kappa shape index (κ3) is 7.22. The Balaban J connectivity index is 0.00000289. The monoisotopic (exact) mass is 276 g/mol.